The second kappa shape index (κ2) is 7.08. The van der Waals surface area contributed by atoms with Crippen molar-refractivity contribution in [3.63, 3.8) is 0 Å². The van der Waals surface area contributed by atoms with E-state index in [-0.39, 0.29) is 0 Å². The van der Waals surface area contributed by atoms with Gasteiger partial charge in [0, 0.05) is 15.9 Å². The van der Waals surface area contributed by atoms with Gasteiger partial charge in [-0.05, 0) is 60.0 Å². The molecule has 0 saturated heterocycles. The number of benzene rings is 3. The lowest BCUT2D eigenvalue weighted by atomic mass is 10.1. The van der Waals surface area contributed by atoms with Crippen LogP contribution in [-0.2, 0) is 6.54 Å². The maximum atomic E-state index is 2.48. The number of thiophene rings is 2. The van der Waals surface area contributed by atoms with Crippen LogP contribution in [0.5, 0.6) is 0 Å². The second-order valence-electron chi connectivity index (χ2n) is 7.26. The van der Waals surface area contributed by atoms with Crippen molar-refractivity contribution < 1.29 is 0 Å². The lowest BCUT2D eigenvalue weighted by molar-refractivity contribution is 0.984. The Morgan fingerprint density at radius 2 is 1.25 bits per heavy atom. The summed E-state index contributed by atoms with van der Waals surface area (Å²) in [5.41, 5.74) is 4.04. The molecule has 28 heavy (non-hydrogen) atoms. The molecule has 0 aliphatic rings. The average Bonchev–Trinajstić information content (AvgIpc) is 3.32. The Labute approximate surface area is 173 Å². The predicted molar refractivity (Wildman–Crippen MR) is 125 cm³/mol. The van der Waals surface area contributed by atoms with E-state index >= 15 is 0 Å². The minimum absolute atomic E-state index is 0.882. The van der Waals surface area contributed by atoms with Gasteiger partial charge in [-0.3, -0.25) is 0 Å². The highest BCUT2D eigenvalue weighted by Gasteiger charge is 2.17. The standard InChI is InChI=1S/C25H21NS2/c1-17-11-12-18(2)21(13-17)16-26(24-14-19-7-3-5-9-22(19)27-24)25-15-20-8-4-6-10-23(20)28-25/h3-15H,16H2,1-2H3. The minimum Gasteiger partial charge on any atom is -0.320 e. The zero-order chi connectivity index (χ0) is 19.1. The van der Waals surface area contributed by atoms with E-state index in [1.54, 1.807) is 0 Å². The number of fused-ring (bicyclic) bond motifs is 2. The summed E-state index contributed by atoms with van der Waals surface area (Å²) in [5.74, 6) is 0. The quantitative estimate of drug-likeness (QED) is 0.295. The Kier molecular flexibility index (Phi) is 4.42. The van der Waals surface area contributed by atoms with Crippen molar-refractivity contribution in [1.82, 2.24) is 0 Å². The van der Waals surface area contributed by atoms with Crippen molar-refractivity contribution in [1.29, 1.82) is 0 Å². The molecular weight excluding hydrogens is 378 g/mol. The molecule has 0 spiro atoms. The van der Waals surface area contributed by atoms with Gasteiger partial charge >= 0.3 is 0 Å². The maximum absolute atomic E-state index is 2.48. The van der Waals surface area contributed by atoms with Gasteiger partial charge in [0.25, 0.3) is 0 Å². The summed E-state index contributed by atoms with van der Waals surface area (Å²) in [6.45, 7) is 5.27. The first kappa shape index (κ1) is 17.5. The van der Waals surface area contributed by atoms with E-state index < -0.39 is 0 Å². The van der Waals surface area contributed by atoms with Crippen LogP contribution >= 0.6 is 22.7 Å². The molecular formula is C25H21NS2. The fourth-order valence-corrected chi connectivity index (χ4v) is 5.82. The zero-order valence-electron chi connectivity index (χ0n) is 16.0. The van der Waals surface area contributed by atoms with Gasteiger partial charge < -0.3 is 4.90 Å². The van der Waals surface area contributed by atoms with E-state index in [0.717, 1.165) is 6.54 Å². The van der Waals surface area contributed by atoms with Crippen molar-refractivity contribution in [2.24, 2.45) is 0 Å². The summed E-state index contributed by atoms with van der Waals surface area (Å²) in [6, 6.07) is 28.7. The van der Waals surface area contributed by atoms with Gasteiger partial charge in [-0.1, -0.05) is 60.2 Å². The first-order valence-electron chi connectivity index (χ1n) is 9.48. The van der Waals surface area contributed by atoms with Gasteiger partial charge in [0.2, 0.25) is 0 Å². The molecule has 5 rings (SSSR count). The molecule has 0 aliphatic carbocycles. The third-order valence-corrected chi connectivity index (χ3v) is 7.47. The molecule has 0 bridgehead atoms. The molecule has 3 heteroatoms. The maximum Gasteiger partial charge on any atom is 0.0974 e. The molecule has 138 valence electrons. The molecule has 0 amide bonds. The van der Waals surface area contributed by atoms with Crippen LogP contribution in [-0.4, -0.2) is 0 Å². The van der Waals surface area contributed by atoms with Gasteiger partial charge in [-0.25, -0.2) is 0 Å². The largest absolute Gasteiger partial charge is 0.320 e. The monoisotopic (exact) mass is 399 g/mol. The van der Waals surface area contributed by atoms with Crippen LogP contribution in [0.3, 0.4) is 0 Å². The molecule has 0 fully saturated rings. The summed E-state index contributed by atoms with van der Waals surface area (Å²) in [5, 5.41) is 5.23. The van der Waals surface area contributed by atoms with Gasteiger partial charge in [-0.15, -0.1) is 22.7 Å². The van der Waals surface area contributed by atoms with E-state index in [0.29, 0.717) is 0 Å². The summed E-state index contributed by atoms with van der Waals surface area (Å²) < 4.78 is 2.68. The van der Waals surface area contributed by atoms with Crippen LogP contribution in [0.15, 0.2) is 78.9 Å². The van der Waals surface area contributed by atoms with Crippen molar-refractivity contribution >= 4 is 52.8 Å². The highest BCUT2D eigenvalue weighted by Crippen LogP contribution is 2.42. The third-order valence-electron chi connectivity index (χ3n) is 5.19. The Morgan fingerprint density at radius 1 is 0.679 bits per heavy atom. The molecule has 0 unspecified atom stereocenters. The number of hydrogen-bond donors (Lipinski definition) is 0. The van der Waals surface area contributed by atoms with Crippen LogP contribution in [0.4, 0.5) is 10.0 Å². The highest BCUT2D eigenvalue weighted by atomic mass is 32.1. The van der Waals surface area contributed by atoms with E-state index in [1.807, 2.05) is 22.7 Å². The average molecular weight is 400 g/mol. The summed E-state index contributed by atoms with van der Waals surface area (Å²) >= 11 is 3.74. The van der Waals surface area contributed by atoms with Crippen LogP contribution < -0.4 is 4.90 Å². The van der Waals surface area contributed by atoms with Crippen LogP contribution in [0, 0.1) is 13.8 Å². The Morgan fingerprint density at radius 3 is 1.82 bits per heavy atom. The van der Waals surface area contributed by atoms with Gasteiger partial charge in [0.15, 0.2) is 0 Å². The third kappa shape index (κ3) is 3.21. The van der Waals surface area contributed by atoms with Crippen molar-refractivity contribution in [3.05, 3.63) is 95.6 Å². The van der Waals surface area contributed by atoms with Crippen molar-refractivity contribution in [3.8, 4) is 0 Å². The number of nitrogens with zero attached hydrogens (tertiary/aromatic N) is 1. The fraction of sp³-hybridized carbons (Fsp3) is 0.120. The van der Waals surface area contributed by atoms with Crippen molar-refractivity contribution in [2.75, 3.05) is 4.90 Å². The molecule has 5 aromatic rings. The van der Waals surface area contributed by atoms with Gasteiger partial charge in [-0.2, -0.15) is 0 Å². The van der Waals surface area contributed by atoms with Gasteiger partial charge in [0.05, 0.1) is 10.0 Å². The molecule has 0 saturated carbocycles. The SMILES string of the molecule is Cc1ccc(C)c(CN(c2cc3ccccc3s2)c2cc3ccccc3s2)c1. The Balaban J connectivity index is 1.65. The summed E-state index contributed by atoms with van der Waals surface area (Å²) in [7, 11) is 0. The Hall–Kier alpha value is -2.62. The number of anilines is 2. The van der Waals surface area contributed by atoms with Crippen LogP contribution in [0.25, 0.3) is 20.2 Å². The number of aryl methyl sites for hydroxylation is 2. The smallest absolute Gasteiger partial charge is 0.0974 e. The molecule has 3 aromatic carbocycles. The van der Waals surface area contributed by atoms with Crippen LogP contribution in [0.1, 0.15) is 16.7 Å². The van der Waals surface area contributed by atoms with Crippen LogP contribution in [0.2, 0.25) is 0 Å². The number of rotatable bonds is 4. The topological polar surface area (TPSA) is 3.24 Å². The predicted octanol–water partition coefficient (Wildman–Crippen LogP) is 8.07. The van der Waals surface area contributed by atoms with E-state index in [9.17, 15) is 0 Å². The van der Waals surface area contributed by atoms with E-state index in [2.05, 4.69) is 97.6 Å². The van der Waals surface area contributed by atoms with Gasteiger partial charge in [0.1, 0.15) is 0 Å². The normalized spacial score (nSPS) is 11.4. The summed E-state index contributed by atoms with van der Waals surface area (Å²) in [4.78, 5) is 2.48. The molecule has 0 aliphatic heterocycles. The minimum atomic E-state index is 0.882. The molecule has 2 aromatic heterocycles. The van der Waals surface area contributed by atoms with Crippen molar-refractivity contribution in [2.45, 2.75) is 20.4 Å². The molecule has 0 atom stereocenters. The van der Waals surface area contributed by atoms with E-state index in [1.165, 1.54) is 46.9 Å². The molecule has 0 N–H and O–H groups in total. The molecule has 2 heterocycles. The summed E-state index contributed by atoms with van der Waals surface area (Å²) in [6.07, 6.45) is 0. The number of hydrogen-bond acceptors (Lipinski definition) is 3. The lowest BCUT2D eigenvalue weighted by Gasteiger charge is -2.22. The second-order valence-corrected chi connectivity index (χ2v) is 9.39. The molecule has 0 radical (unpaired) electrons. The first-order chi connectivity index (χ1) is 13.7. The Bertz CT molecular complexity index is 1140. The van der Waals surface area contributed by atoms with E-state index in [4.69, 9.17) is 0 Å². The highest BCUT2D eigenvalue weighted by molar-refractivity contribution is 7.25. The first-order valence-corrected chi connectivity index (χ1v) is 11.1. The zero-order valence-corrected chi connectivity index (χ0v) is 17.6. The molecule has 1 nitrogen and oxygen atoms in total. The fourth-order valence-electron chi connectivity index (χ4n) is 3.61. The lowest BCUT2D eigenvalue weighted by Crippen LogP contribution is -2.15.